The number of methoxy groups -OCH3 is 1. The number of hydrogen-bond donors (Lipinski definition) is 1. The van der Waals surface area contributed by atoms with E-state index in [1.807, 2.05) is 17.0 Å². The predicted octanol–water partition coefficient (Wildman–Crippen LogP) is 1.11. The number of hydrogen-bond acceptors (Lipinski definition) is 4. The van der Waals surface area contributed by atoms with Crippen LogP contribution in [0.2, 0.25) is 0 Å². The molecule has 5 heteroatoms. The van der Waals surface area contributed by atoms with Gasteiger partial charge in [-0.25, -0.2) is 0 Å². The highest BCUT2D eigenvalue weighted by Crippen LogP contribution is 2.29. The van der Waals surface area contributed by atoms with Crippen LogP contribution in [0.5, 0.6) is 0 Å². The SMILES string of the molecule is COCCN1C(=O)CCCC(N)C1c1cccnc1. The minimum absolute atomic E-state index is 0.0486. The van der Waals surface area contributed by atoms with Gasteiger partial charge in [-0.05, 0) is 24.5 Å². The number of pyridine rings is 1. The fourth-order valence-electron chi connectivity index (χ4n) is 2.61. The van der Waals surface area contributed by atoms with Gasteiger partial charge in [-0.15, -0.1) is 0 Å². The first-order chi connectivity index (χ1) is 9.24. The van der Waals surface area contributed by atoms with Crippen LogP contribution in [0.4, 0.5) is 0 Å². The summed E-state index contributed by atoms with van der Waals surface area (Å²) in [6.45, 7) is 1.10. The molecule has 1 aliphatic rings. The fourth-order valence-corrected chi connectivity index (χ4v) is 2.61. The van der Waals surface area contributed by atoms with E-state index in [1.54, 1.807) is 19.5 Å². The van der Waals surface area contributed by atoms with E-state index in [1.165, 1.54) is 0 Å². The summed E-state index contributed by atoms with van der Waals surface area (Å²) < 4.78 is 5.10. The molecule has 2 atom stereocenters. The van der Waals surface area contributed by atoms with Crippen molar-refractivity contribution in [3.8, 4) is 0 Å². The number of carbonyl (C=O) groups excluding carboxylic acids is 1. The van der Waals surface area contributed by atoms with Crippen LogP contribution in [0.15, 0.2) is 24.5 Å². The molecule has 5 nitrogen and oxygen atoms in total. The van der Waals surface area contributed by atoms with Gasteiger partial charge in [-0.1, -0.05) is 6.07 Å². The maximum absolute atomic E-state index is 12.2. The van der Waals surface area contributed by atoms with Gasteiger partial charge in [0.05, 0.1) is 12.6 Å². The van der Waals surface area contributed by atoms with Crippen molar-refractivity contribution in [2.75, 3.05) is 20.3 Å². The second kappa shape index (κ2) is 6.63. The molecule has 2 rings (SSSR count). The minimum atomic E-state index is -0.0983. The summed E-state index contributed by atoms with van der Waals surface area (Å²) in [6, 6.07) is 3.72. The van der Waals surface area contributed by atoms with Crippen LogP contribution in [0, 0.1) is 0 Å². The standard InChI is InChI=1S/C14H21N3O2/c1-19-9-8-17-13(18)6-2-5-12(15)14(17)11-4-3-7-16-10-11/h3-4,7,10,12,14H,2,5-6,8-9,15H2,1H3. The lowest BCUT2D eigenvalue weighted by Gasteiger charge is -2.33. The topological polar surface area (TPSA) is 68.5 Å². The van der Waals surface area contributed by atoms with Gasteiger partial charge in [0, 0.05) is 38.5 Å². The molecule has 1 saturated heterocycles. The Morgan fingerprint density at radius 1 is 1.58 bits per heavy atom. The van der Waals surface area contributed by atoms with Crippen LogP contribution in [-0.4, -0.2) is 42.1 Å². The second-order valence-electron chi connectivity index (χ2n) is 4.87. The Morgan fingerprint density at radius 3 is 3.11 bits per heavy atom. The van der Waals surface area contributed by atoms with E-state index < -0.39 is 0 Å². The molecule has 19 heavy (non-hydrogen) atoms. The first kappa shape index (κ1) is 14.0. The molecule has 2 unspecified atom stereocenters. The van der Waals surface area contributed by atoms with Gasteiger partial charge in [0.2, 0.25) is 5.91 Å². The monoisotopic (exact) mass is 263 g/mol. The Balaban J connectivity index is 2.28. The Morgan fingerprint density at radius 2 is 2.42 bits per heavy atom. The number of ether oxygens (including phenoxy) is 1. The molecule has 1 aliphatic heterocycles. The number of nitrogens with two attached hydrogens (primary N) is 1. The number of likely N-dealkylation sites (tertiary alicyclic amines) is 1. The van der Waals surface area contributed by atoms with E-state index in [4.69, 9.17) is 10.5 Å². The van der Waals surface area contributed by atoms with Crippen molar-refractivity contribution in [1.82, 2.24) is 9.88 Å². The summed E-state index contributed by atoms with van der Waals surface area (Å²) in [5.41, 5.74) is 7.27. The van der Waals surface area contributed by atoms with Crippen molar-refractivity contribution >= 4 is 5.91 Å². The van der Waals surface area contributed by atoms with Crippen molar-refractivity contribution in [1.29, 1.82) is 0 Å². The van der Waals surface area contributed by atoms with Crippen LogP contribution in [0.3, 0.4) is 0 Å². The summed E-state index contributed by atoms with van der Waals surface area (Å²) in [7, 11) is 1.64. The fraction of sp³-hybridized carbons (Fsp3) is 0.571. The Hall–Kier alpha value is -1.46. The molecule has 0 aliphatic carbocycles. The number of nitrogens with zero attached hydrogens (tertiary/aromatic N) is 2. The van der Waals surface area contributed by atoms with Gasteiger partial charge < -0.3 is 15.4 Å². The lowest BCUT2D eigenvalue weighted by atomic mass is 9.98. The second-order valence-corrected chi connectivity index (χ2v) is 4.87. The summed E-state index contributed by atoms with van der Waals surface area (Å²) in [4.78, 5) is 18.2. The van der Waals surface area contributed by atoms with E-state index in [0.29, 0.717) is 19.6 Å². The van der Waals surface area contributed by atoms with Crippen LogP contribution >= 0.6 is 0 Å². The van der Waals surface area contributed by atoms with E-state index in [-0.39, 0.29) is 18.0 Å². The van der Waals surface area contributed by atoms with Gasteiger partial charge in [-0.2, -0.15) is 0 Å². The van der Waals surface area contributed by atoms with E-state index in [2.05, 4.69) is 4.98 Å². The Bertz CT molecular complexity index is 410. The predicted molar refractivity (Wildman–Crippen MR) is 72.4 cm³/mol. The lowest BCUT2D eigenvalue weighted by Crippen LogP contribution is -2.43. The van der Waals surface area contributed by atoms with Gasteiger partial charge in [0.25, 0.3) is 0 Å². The average molecular weight is 263 g/mol. The third kappa shape index (κ3) is 3.30. The maximum Gasteiger partial charge on any atom is 0.223 e. The first-order valence-corrected chi connectivity index (χ1v) is 6.68. The third-order valence-corrected chi connectivity index (χ3v) is 3.55. The van der Waals surface area contributed by atoms with Gasteiger partial charge >= 0.3 is 0 Å². The van der Waals surface area contributed by atoms with Crippen molar-refractivity contribution in [3.05, 3.63) is 30.1 Å². The summed E-state index contributed by atoms with van der Waals surface area (Å²) in [6.07, 6.45) is 5.79. The van der Waals surface area contributed by atoms with E-state index >= 15 is 0 Å². The van der Waals surface area contributed by atoms with Gasteiger partial charge in [-0.3, -0.25) is 9.78 Å². The van der Waals surface area contributed by atoms with E-state index in [0.717, 1.165) is 18.4 Å². The highest BCUT2D eigenvalue weighted by molar-refractivity contribution is 5.77. The maximum atomic E-state index is 12.2. The Labute approximate surface area is 113 Å². The minimum Gasteiger partial charge on any atom is -0.383 e. The zero-order valence-electron chi connectivity index (χ0n) is 11.3. The Kier molecular flexibility index (Phi) is 4.87. The van der Waals surface area contributed by atoms with Crippen molar-refractivity contribution in [2.45, 2.75) is 31.3 Å². The molecule has 1 amide bonds. The molecule has 2 heterocycles. The zero-order valence-corrected chi connectivity index (χ0v) is 11.3. The van der Waals surface area contributed by atoms with E-state index in [9.17, 15) is 4.79 Å². The molecule has 0 spiro atoms. The van der Waals surface area contributed by atoms with Crippen molar-refractivity contribution < 1.29 is 9.53 Å². The molecule has 0 bridgehead atoms. The van der Waals surface area contributed by atoms with Gasteiger partial charge in [0.1, 0.15) is 0 Å². The van der Waals surface area contributed by atoms with Crippen molar-refractivity contribution in [2.24, 2.45) is 5.73 Å². The van der Waals surface area contributed by atoms with Crippen LogP contribution < -0.4 is 5.73 Å². The molecule has 1 aromatic rings. The van der Waals surface area contributed by atoms with Gasteiger partial charge in [0.15, 0.2) is 0 Å². The van der Waals surface area contributed by atoms with Crippen LogP contribution in [0.1, 0.15) is 30.9 Å². The lowest BCUT2D eigenvalue weighted by molar-refractivity contribution is -0.134. The molecule has 104 valence electrons. The molecule has 1 fully saturated rings. The summed E-state index contributed by atoms with van der Waals surface area (Å²) in [5.74, 6) is 0.152. The van der Waals surface area contributed by atoms with Crippen LogP contribution in [0.25, 0.3) is 0 Å². The zero-order chi connectivity index (χ0) is 13.7. The summed E-state index contributed by atoms with van der Waals surface area (Å²) in [5, 5.41) is 0. The number of amides is 1. The number of aromatic nitrogens is 1. The largest absolute Gasteiger partial charge is 0.383 e. The molecule has 2 N–H and O–H groups in total. The molecule has 0 aromatic carbocycles. The highest BCUT2D eigenvalue weighted by atomic mass is 16.5. The molecule has 0 saturated carbocycles. The highest BCUT2D eigenvalue weighted by Gasteiger charge is 2.32. The first-order valence-electron chi connectivity index (χ1n) is 6.68. The summed E-state index contributed by atoms with van der Waals surface area (Å²) >= 11 is 0. The quantitative estimate of drug-likeness (QED) is 0.883. The average Bonchev–Trinajstić information content (AvgIpc) is 2.56. The van der Waals surface area contributed by atoms with Crippen molar-refractivity contribution in [3.63, 3.8) is 0 Å². The smallest absolute Gasteiger partial charge is 0.223 e. The number of carbonyl (C=O) groups is 1. The molecular weight excluding hydrogens is 242 g/mol. The molecular formula is C14H21N3O2. The van der Waals surface area contributed by atoms with Crippen LogP contribution in [-0.2, 0) is 9.53 Å². The number of rotatable bonds is 4. The molecule has 1 aromatic heterocycles. The normalized spacial score (nSPS) is 24.3. The molecule has 0 radical (unpaired) electrons. The third-order valence-electron chi connectivity index (χ3n) is 3.55.